The standard InChI is InChI=1S/C31H33N5O6/c1-19(37)33-22-11-7-21(8-12-22)28(38)34-23-9-5-20(6-10-23)16-31(2,3)36-30(40)29(39)35-24-13-14-25(26(15-24)41-4)27-17-32-18-42-27/h5-7,9-15,17-18,21H,8,16H2,1-4H3,(H,33,37)(H,34,38)(H,35,39)(H,36,40). The minimum Gasteiger partial charge on any atom is -0.496 e. The first kappa shape index (κ1) is 29.8. The lowest BCUT2D eigenvalue weighted by Gasteiger charge is -2.26. The average molecular weight is 572 g/mol. The molecule has 11 nitrogen and oxygen atoms in total. The van der Waals surface area contributed by atoms with E-state index in [2.05, 4.69) is 26.3 Å². The second-order valence-electron chi connectivity index (χ2n) is 10.5. The quantitative estimate of drug-likeness (QED) is 0.284. The Labute approximate surface area is 243 Å². The molecule has 4 rings (SSSR count). The minimum atomic E-state index is -0.814. The largest absolute Gasteiger partial charge is 0.496 e. The molecule has 0 spiro atoms. The van der Waals surface area contributed by atoms with E-state index in [1.807, 2.05) is 32.1 Å². The summed E-state index contributed by atoms with van der Waals surface area (Å²) in [6.07, 6.45) is 9.10. The molecule has 11 heteroatoms. The molecular weight excluding hydrogens is 538 g/mol. The van der Waals surface area contributed by atoms with E-state index in [0.717, 1.165) is 5.56 Å². The molecule has 4 N–H and O–H groups in total. The number of nitrogens with one attached hydrogen (secondary N) is 4. The van der Waals surface area contributed by atoms with Gasteiger partial charge in [-0.1, -0.05) is 24.3 Å². The van der Waals surface area contributed by atoms with E-state index in [4.69, 9.17) is 9.15 Å². The molecule has 1 heterocycles. The first-order valence-corrected chi connectivity index (χ1v) is 13.3. The topological polar surface area (TPSA) is 152 Å². The Hall–Kier alpha value is -5.19. The number of allylic oxidation sites excluding steroid dienone is 2. The Morgan fingerprint density at radius 2 is 1.74 bits per heavy atom. The summed E-state index contributed by atoms with van der Waals surface area (Å²) in [4.78, 5) is 53.1. The molecule has 1 aliphatic rings. The lowest BCUT2D eigenvalue weighted by atomic mass is 9.94. The van der Waals surface area contributed by atoms with Crippen molar-refractivity contribution in [1.29, 1.82) is 0 Å². The van der Waals surface area contributed by atoms with Crippen LogP contribution in [0.4, 0.5) is 11.4 Å². The molecule has 0 radical (unpaired) electrons. The van der Waals surface area contributed by atoms with Gasteiger partial charge in [0.05, 0.1) is 24.8 Å². The molecule has 0 fully saturated rings. The van der Waals surface area contributed by atoms with Crippen molar-refractivity contribution >= 4 is 35.0 Å². The van der Waals surface area contributed by atoms with Crippen LogP contribution in [0.25, 0.3) is 11.3 Å². The highest BCUT2D eigenvalue weighted by atomic mass is 16.5. The molecule has 4 amide bonds. The molecule has 1 atom stereocenters. The Balaban J connectivity index is 1.28. The van der Waals surface area contributed by atoms with Gasteiger partial charge in [-0.15, -0.1) is 0 Å². The fourth-order valence-electron chi connectivity index (χ4n) is 4.48. The molecule has 0 aliphatic heterocycles. The van der Waals surface area contributed by atoms with Gasteiger partial charge in [-0.25, -0.2) is 4.98 Å². The summed E-state index contributed by atoms with van der Waals surface area (Å²) in [5.74, 6) is -1.28. The SMILES string of the molecule is COc1cc(NC(=O)C(=O)NC(C)(C)Cc2ccc(NC(=O)C3C=CC(NC(C)=O)=CC3)cc2)ccc1-c1cnco1. The van der Waals surface area contributed by atoms with Gasteiger partial charge in [0, 0.05) is 35.6 Å². The molecule has 2 aromatic carbocycles. The summed E-state index contributed by atoms with van der Waals surface area (Å²) in [7, 11) is 1.49. The number of methoxy groups -OCH3 is 1. The summed E-state index contributed by atoms with van der Waals surface area (Å²) < 4.78 is 10.7. The fraction of sp³-hybridized carbons (Fsp3) is 0.258. The van der Waals surface area contributed by atoms with E-state index in [-0.39, 0.29) is 17.7 Å². The predicted octanol–water partition coefficient (Wildman–Crippen LogP) is 3.96. The molecule has 1 aromatic heterocycles. The molecule has 1 aliphatic carbocycles. The van der Waals surface area contributed by atoms with Gasteiger partial charge in [-0.3, -0.25) is 19.2 Å². The summed E-state index contributed by atoms with van der Waals surface area (Å²) >= 11 is 0. The number of ether oxygens (including phenoxy) is 1. The molecule has 1 unspecified atom stereocenters. The van der Waals surface area contributed by atoms with E-state index in [0.29, 0.717) is 47.0 Å². The molecule has 218 valence electrons. The van der Waals surface area contributed by atoms with Crippen molar-refractivity contribution in [2.24, 2.45) is 5.92 Å². The van der Waals surface area contributed by atoms with E-state index < -0.39 is 17.4 Å². The zero-order valence-electron chi connectivity index (χ0n) is 23.8. The van der Waals surface area contributed by atoms with Crippen LogP contribution in [0.15, 0.2) is 83.4 Å². The zero-order valence-corrected chi connectivity index (χ0v) is 23.8. The van der Waals surface area contributed by atoms with Crippen molar-refractivity contribution in [1.82, 2.24) is 15.6 Å². The normalized spacial score (nSPS) is 14.4. The maximum atomic E-state index is 12.7. The van der Waals surface area contributed by atoms with Gasteiger partial charge >= 0.3 is 11.8 Å². The average Bonchev–Trinajstić information content (AvgIpc) is 3.48. The number of oxazole rings is 1. The van der Waals surface area contributed by atoms with Crippen molar-refractivity contribution in [3.05, 3.63) is 84.5 Å². The van der Waals surface area contributed by atoms with E-state index >= 15 is 0 Å². The van der Waals surface area contributed by atoms with Gasteiger partial charge in [0.2, 0.25) is 11.8 Å². The van der Waals surface area contributed by atoms with Gasteiger partial charge in [-0.05, 0) is 62.6 Å². The molecular formula is C31H33N5O6. The third-order valence-corrected chi connectivity index (χ3v) is 6.44. The molecule has 3 aromatic rings. The Bertz CT molecular complexity index is 1520. The van der Waals surface area contributed by atoms with Crippen LogP contribution in [-0.4, -0.2) is 41.3 Å². The van der Waals surface area contributed by atoms with Crippen LogP contribution in [0.2, 0.25) is 0 Å². The van der Waals surface area contributed by atoms with Gasteiger partial charge in [0.15, 0.2) is 12.2 Å². The molecule has 42 heavy (non-hydrogen) atoms. The Morgan fingerprint density at radius 1 is 1.00 bits per heavy atom. The zero-order chi connectivity index (χ0) is 30.3. The summed E-state index contributed by atoms with van der Waals surface area (Å²) in [5.41, 5.74) is 2.54. The lowest BCUT2D eigenvalue weighted by Crippen LogP contribution is -2.49. The number of nitrogens with zero attached hydrogens (tertiary/aromatic N) is 1. The first-order valence-electron chi connectivity index (χ1n) is 13.3. The summed E-state index contributed by atoms with van der Waals surface area (Å²) in [6.45, 7) is 5.08. The van der Waals surface area contributed by atoms with E-state index in [1.165, 1.54) is 20.4 Å². The number of benzene rings is 2. The van der Waals surface area contributed by atoms with Gasteiger partial charge in [0.1, 0.15) is 5.75 Å². The molecule has 0 bridgehead atoms. The van der Waals surface area contributed by atoms with Gasteiger partial charge < -0.3 is 30.4 Å². The maximum absolute atomic E-state index is 12.7. The summed E-state index contributed by atoms with van der Waals surface area (Å²) in [6, 6.07) is 12.2. The highest BCUT2D eigenvalue weighted by Gasteiger charge is 2.25. The number of carbonyl (C=O) groups excluding carboxylic acids is 4. The van der Waals surface area contributed by atoms with Crippen molar-refractivity contribution < 1.29 is 28.3 Å². The first-order chi connectivity index (χ1) is 20.0. The predicted molar refractivity (Wildman–Crippen MR) is 157 cm³/mol. The monoisotopic (exact) mass is 571 g/mol. The number of hydrogen-bond acceptors (Lipinski definition) is 7. The Morgan fingerprint density at radius 3 is 2.36 bits per heavy atom. The highest BCUT2D eigenvalue weighted by Crippen LogP contribution is 2.32. The van der Waals surface area contributed by atoms with Crippen LogP contribution in [0.1, 0.15) is 32.8 Å². The van der Waals surface area contributed by atoms with Gasteiger partial charge in [-0.2, -0.15) is 0 Å². The summed E-state index contributed by atoms with van der Waals surface area (Å²) in [5, 5.41) is 11.0. The number of aromatic nitrogens is 1. The van der Waals surface area contributed by atoms with Crippen LogP contribution in [-0.2, 0) is 25.6 Å². The number of carbonyl (C=O) groups is 4. The van der Waals surface area contributed by atoms with E-state index in [1.54, 1.807) is 48.7 Å². The smallest absolute Gasteiger partial charge is 0.313 e. The van der Waals surface area contributed by atoms with Crippen LogP contribution in [0.3, 0.4) is 0 Å². The second-order valence-corrected chi connectivity index (χ2v) is 10.5. The van der Waals surface area contributed by atoms with Crippen LogP contribution < -0.4 is 26.0 Å². The maximum Gasteiger partial charge on any atom is 0.313 e. The van der Waals surface area contributed by atoms with Crippen LogP contribution >= 0.6 is 0 Å². The van der Waals surface area contributed by atoms with Crippen LogP contribution in [0, 0.1) is 5.92 Å². The van der Waals surface area contributed by atoms with Gasteiger partial charge in [0.25, 0.3) is 0 Å². The highest BCUT2D eigenvalue weighted by molar-refractivity contribution is 6.39. The molecule has 0 saturated carbocycles. The number of rotatable bonds is 9. The number of anilines is 2. The van der Waals surface area contributed by atoms with Crippen molar-refractivity contribution in [2.45, 2.75) is 39.2 Å². The second kappa shape index (κ2) is 13.0. The Kier molecular flexibility index (Phi) is 9.21. The minimum absolute atomic E-state index is 0.152. The molecule has 0 saturated heterocycles. The van der Waals surface area contributed by atoms with Crippen molar-refractivity contribution in [3.63, 3.8) is 0 Å². The lowest BCUT2D eigenvalue weighted by molar-refractivity contribution is -0.137. The van der Waals surface area contributed by atoms with Crippen LogP contribution in [0.5, 0.6) is 5.75 Å². The number of hydrogen-bond donors (Lipinski definition) is 4. The van der Waals surface area contributed by atoms with Crippen molar-refractivity contribution in [2.75, 3.05) is 17.7 Å². The third-order valence-electron chi connectivity index (χ3n) is 6.44. The van der Waals surface area contributed by atoms with Crippen molar-refractivity contribution in [3.8, 4) is 17.1 Å². The fourth-order valence-corrected chi connectivity index (χ4v) is 4.48. The van der Waals surface area contributed by atoms with E-state index in [9.17, 15) is 19.2 Å². The number of amides is 4. The third kappa shape index (κ3) is 7.94.